The molecule has 1 aliphatic heterocycles. The zero-order valence-electron chi connectivity index (χ0n) is 18.5. The van der Waals surface area contributed by atoms with Gasteiger partial charge in [-0.05, 0) is 48.4 Å². The number of carbonyl (C=O) groups is 3. The standard InChI is InChI=1S/C23H19F4N5O3/c1-12-18(29-11-32(12)2)22(20(34)30-21(35)31-22)10-28-19(33)16-8-7-15(24)9-17(16)13-3-5-14(6-4-13)23(25,26)27/h3-9,11H,10H2,1-2H3,(H,28,33)(H2,30,31,34,35)/t22-/m1/s1. The maximum Gasteiger partial charge on any atom is 0.416 e. The molecule has 2 heterocycles. The summed E-state index contributed by atoms with van der Waals surface area (Å²) in [7, 11) is 1.70. The third kappa shape index (κ3) is 4.34. The summed E-state index contributed by atoms with van der Waals surface area (Å²) in [4.78, 5) is 42.0. The fraction of sp³-hybridized carbons (Fsp3) is 0.217. The molecule has 1 fully saturated rings. The summed E-state index contributed by atoms with van der Waals surface area (Å²) in [5.41, 5.74) is -1.58. The first-order chi connectivity index (χ1) is 16.4. The number of halogens is 4. The molecule has 8 nitrogen and oxygen atoms in total. The van der Waals surface area contributed by atoms with Gasteiger partial charge in [-0.15, -0.1) is 0 Å². The lowest BCUT2D eigenvalue weighted by Crippen LogP contribution is -2.53. The second-order valence-corrected chi connectivity index (χ2v) is 8.05. The van der Waals surface area contributed by atoms with Gasteiger partial charge in [0.1, 0.15) is 5.82 Å². The van der Waals surface area contributed by atoms with Crippen LogP contribution in [-0.4, -0.2) is 33.9 Å². The molecule has 0 spiro atoms. The van der Waals surface area contributed by atoms with E-state index < -0.39 is 40.9 Å². The molecule has 3 aromatic rings. The Morgan fingerprint density at radius 1 is 1.14 bits per heavy atom. The molecule has 1 aromatic heterocycles. The van der Waals surface area contributed by atoms with Crippen LogP contribution in [0.4, 0.5) is 22.4 Å². The van der Waals surface area contributed by atoms with Crippen LogP contribution in [0.15, 0.2) is 48.8 Å². The maximum atomic E-state index is 14.0. The van der Waals surface area contributed by atoms with Crippen molar-refractivity contribution in [2.45, 2.75) is 18.6 Å². The molecule has 1 atom stereocenters. The Morgan fingerprint density at radius 2 is 1.83 bits per heavy atom. The summed E-state index contributed by atoms with van der Waals surface area (Å²) >= 11 is 0. The average molecular weight is 489 g/mol. The molecule has 0 unspecified atom stereocenters. The van der Waals surface area contributed by atoms with E-state index in [1.165, 1.54) is 12.4 Å². The lowest BCUT2D eigenvalue weighted by atomic mass is 9.93. The van der Waals surface area contributed by atoms with E-state index in [0.29, 0.717) is 5.69 Å². The van der Waals surface area contributed by atoms with Crippen LogP contribution in [0.3, 0.4) is 0 Å². The molecular formula is C23H19F4N5O3. The first kappa shape index (κ1) is 23.9. The Bertz CT molecular complexity index is 1330. The molecule has 182 valence electrons. The molecule has 0 aliphatic carbocycles. The summed E-state index contributed by atoms with van der Waals surface area (Å²) in [5, 5.41) is 7.22. The fourth-order valence-corrected chi connectivity index (χ4v) is 3.88. The highest BCUT2D eigenvalue weighted by Crippen LogP contribution is 2.32. The van der Waals surface area contributed by atoms with E-state index in [9.17, 15) is 31.9 Å². The van der Waals surface area contributed by atoms with Crippen molar-refractivity contribution in [1.82, 2.24) is 25.5 Å². The number of nitrogens with one attached hydrogen (secondary N) is 3. The second-order valence-electron chi connectivity index (χ2n) is 8.05. The SMILES string of the molecule is Cc1c([C@@]2(CNC(=O)c3ccc(F)cc3-c3ccc(C(F)(F)F)cc3)NC(=O)NC2=O)ncn1C. The second kappa shape index (κ2) is 8.53. The molecule has 1 saturated heterocycles. The number of hydrogen-bond acceptors (Lipinski definition) is 4. The number of benzene rings is 2. The van der Waals surface area contributed by atoms with Crippen molar-refractivity contribution in [3.05, 3.63) is 77.1 Å². The largest absolute Gasteiger partial charge is 0.416 e. The molecule has 3 N–H and O–H groups in total. The van der Waals surface area contributed by atoms with Gasteiger partial charge < -0.3 is 15.2 Å². The third-order valence-electron chi connectivity index (χ3n) is 5.84. The minimum Gasteiger partial charge on any atom is -0.349 e. The van der Waals surface area contributed by atoms with Crippen molar-refractivity contribution in [2.24, 2.45) is 7.05 Å². The van der Waals surface area contributed by atoms with Crippen molar-refractivity contribution in [2.75, 3.05) is 6.54 Å². The van der Waals surface area contributed by atoms with E-state index >= 15 is 0 Å². The highest BCUT2D eigenvalue weighted by atomic mass is 19.4. The third-order valence-corrected chi connectivity index (χ3v) is 5.84. The van der Waals surface area contributed by atoms with Crippen molar-refractivity contribution < 1.29 is 31.9 Å². The van der Waals surface area contributed by atoms with Gasteiger partial charge in [0.05, 0.1) is 24.1 Å². The minimum absolute atomic E-state index is 0.0382. The summed E-state index contributed by atoms with van der Waals surface area (Å²) < 4.78 is 54.4. The normalized spacial score (nSPS) is 17.8. The summed E-state index contributed by atoms with van der Waals surface area (Å²) in [6.07, 6.45) is -3.10. The molecule has 12 heteroatoms. The Kier molecular flexibility index (Phi) is 5.83. The summed E-state index contributed by atoms with van der Waals surface area (Å²) in [6, 6.07) is 6.42. The number of urea groups is 1. The van der Waals surface area contributed by atoms with E-state index in [1.54, 1.807) is 18.5 Å². The molecule has 4 amide bonds. The quantitative estimate of drug-likeness (QED) is 0.379. The maximum absolute atomic E-state index is 14.0. The van der Waals surface area contributed by atoms with Gasteiger partial charge in [0.25, 0.3) is 11.8 Å². The molecule has 0 saturated carbocycles. The zero-order chi connectivity index (χ0) is 25.5. The van der Waals surface area contributed by atoms with Crippen LogP contribution in [0.2, 0.25) is 0 Å². The van der Waals surface area contributed by atoms with Crippen molar-refractivity contribution >= 4 is 17.8 Å². The lowest BCUT2D eigenvalue weighted by molar-refractivity contribution is -0.137. The van der Waals surface area contributed by atoms with Crippen LogP contribution in [0.25, 0.3) is 11.1 Å². The predicted molar refractivity (Wildman–Crippen MR) is 115 cm³/mol. The number of nitrogens with zero attached hydrogens (tertiary/aromatic N) is 2. The molecule has 4 rings (SSSR count). The molecule has 0 bridgehead atoms. The minimum atomic E-state index is -4.55. The highest BCUT2D eigenvalue weighted by molar-refractivity contribution is 6.08. The zero-order valence-corrected chi connectivity index (χ0v) is 18.5. The van der Waals surface area contributed by atoms with Gasteiger partial charge in [-0.2, -0.15) is 13.2 Å². The average Bonchev–Trinajstić information content (AvgIpc) is 3.29. The van der Waals surface area contributed by atoms with Crippen molar-refractivity contribution in [3.8, 4) is 11.1 Å². The Morgan fingerprint density at radius 3 is 2.37 bits per heavy atom. The molecule has 1 aliphatic rings. The number of aryl methyl sites for hydroxylation is 1. The number of imide groups is 1. The molecule has 2 aromatic carbocycles. The van der Waals surface area contributed by atoms with Gasteiger partial charge in [0.2, 0.25) is 0 Å². The smallest absolute Gasteiger partial charge is 0.349 e. The fourth-order valence-electron chi connectivity index (χ4n) is 3.88. The number of alkyl halides is 3. The first-order valence-electron chi connectivity index (χ1n) is 10.3. The van der Waals surface area contributed by atoms with Crippen LogP contribution in [0.5, 0.6) is 0 Å². The molecule has 0 radical (unpaired) electrons. The monoisotopic (exact) mass is 489 g/mol. The Hall–Kier alpha value is -4.22. The topological polar surface area (TPSA) is 105 Å². The van der Waals surface area contributed by atoms with Crippen LogP contribution < -0.4 is 16.0 Å². The summed E-state index contributed by atoms with van der Waals surface area (Å²) in [6.45, 7) is 1.30. The van der Waals surface area contributed by atoms with E-state index in [2.05, 4.69) is 20.9 Å². The predicted octanol–water partition coefficient (Wildman–Crippen LogP) is 3.02. The Labute approximate surface area is 196 Å². The van der Waals surface area contributed by atoms with Gasteiger partial charge in [0, 0.05) is 18.3 Å². The van der Waals surface area contributed by atoms with Gasteiger partial charge in [-0.3, -0.25) is 14.9 Å². The number of hydrogen-bond donors (Lipinski definition) is 3. The van der Waals surface area contributed by atoms with Gasteiger partial charge in [-0.25, -0.2) is 14.2 Å². The molecule has 35 heavy (non-hydrogen) atoms. The van der Waals surface area contributed by atoms with Gasteiger partial charge in [-0.1, -0.05) is 12.1 Å². The van der Waals surface area contributed by atoms with Crippen LogP contribution >= 0.6 is 0 Å². The van der Waals surface area contributed by atoms with Crippen LogP contribution in [0, 0.1) is 12.7 Å². The lowest BCUT2D eigenvalue weighted by Gasteiger charge is -2.25. The number of aromatic nitrogens is 2. The van der Waals surface area contributed by atoms with E-state index in [0.717, 1.165) is 36.4 Å². The van der Waals surface area contributed by atoms with Gasteiger partial charge >= 0.3 is 12.2 Å². The summed E-state index contributed by atoms with van der Waals surface area (Å²) in [5.74, 6) is -2.15. The van der Waals surface area contributed by atoms with Crippen molar-refractivity contribution in [1.29, 1.82) is 0 Å². The van der Waals surface area contributed by atoms with E-state index in [4.69, 9.17) is 0 Å². The molecular weight excluding hydrogens is 470 g/mol. The number of imidazole rings is 1. The number of rotatable bonds is 5. The van der Waals surface area contributed by atoms with Crippen molar-refractivity contribution in [3.63, 3.8) is 0 Å². The highest BCUT2D eigenvalue weighted by Gasteiger charge is 2.50. The number of carbonyl (C=O) groups excluding carboxylic acids is 3. The first-order valence-corrected chi connectivity index (χ1v) is 10.3. The van der Waals surface area contributed by atoms with Crippen LogP contribution in [-0.2, 0) is 23.6 Å². The number of amides is 4. The Balaban J connectivity index is 1.66. The van der Waals surface area contributed by atoms with Crippen LogP contribution in [0.1, 0.15) is 27.3 Å². The van der Waals surface area contributed by atoms with E-state index in [1.807, 2.05) is 0 Å². The van der Waals surface area contributed by atoms with E-state index in [-0.39, 0.29) is 28.9 Å². The van der Waals surface area contributed by atoms with Gasteiger partial charge in [0.15, 0.2) is 5.54 Å².